The number of benzene rings is 1. The van der Waals surface area contributed by atoms with E-state index in [-0.39, 0.29) is 5.70 Å². The summed E-state index contributed by atoms with van der Waals surface area (Å²) in [5, 5.41) is 4.93. The van der Waals surface area contributed by atoms with E-state index < -0.39 is 11.9 Å². The number of rotatable bonds is 2. The van der Waals surface area contributed by atoms with Gasteiger partial charge in [-0.05, 0) is 23.8 Å². The summed E-state index contributed by atoms with van der Waals surface area (Å²) in [5.41, 5.74) is 0.888. The Balaban J connectivity index is 2.30. The lowest BCUT2D eigenvalue weighted by Gasteiger charge is -2.03. The van der Waals surface area contributed by atoms with Crippen LogP contribution in [0.3, 0.4) is 0 Å². The van der Waals surface area contributed by atoms with Gasteiger partial charge in [-0.25, -0.2) is 4.79 Å². The van der Waals surface area contributed by atoms with Crippen LogP contribution in [0, 0.1) is 0 Å². The van der Waals surface area contributed by atoms with Crippen molar-refractivity contribution in [1.82, 2.24) is 10.6 Å². The molecule has 0 saturated carbocycles. The van der Waals surface area contributed by atoms with Crippen molar-refractivity contribution in [3.8, 4) is 5.75 Å². The topological polar surface area (TPSA) is 67.4 Å². The minimum atomic E-state index is -0.527. The SMILES string of the molecule is COc1ccc(C=C2NC(=O)NC2=O)cc1Cl. The van der Waals surface area contributed by atoms with Gasteiger partial charge >= 0.3 is 6.03 Å². The van der Waals surface area contributed by atoms with Gasteiger partial charge in [-0.15, -0.1) is 0 Å². The fourth-order valence-electron chi connectivity index (χ4n) is 1.42. The minimum Gasteiger partial charge on any atom is -0.495 e. The number of halogens is 1. The van der Waals surface area contributed by atoms with Gasteiger partial charge in [0.05, 0.1) is 12.1 Å². The predicted octanol–water partition coefficient (Wildman–Crippen LogP) is 1.53. The highest BCUT2D eigenvalue weighted by Crippen LogP contribution is 2.25. The number of nitrogens with one attached hydrogen (secondary N) is 2. The predicted molar refractivity (Wildman–Crippen MR) is 62.7 cm³/mol. The summed E-state index contributed by atoms with van der Waals surface area (Å²) in [6.07, 6.45) is 1.53. The summed E-state index contributed by atoms with van der Waals surface area (Å²) >= 11 is 5.94. The first kappa shape index (κ1) is 11.5. The second-order valence-corrected chi connectivity index (χ2v) is 3.77. The Bertz CT molecular complexity index is 525. The molecular weight excluding hydrogens is 244 g/mol. The summed E-state index contributed by atoms with van der Waals surface area (Å²) in [7, 11) is 1.52. The summed E-state index contributed by atoms with van der Waals surface area (Å²) in [6.45, 7) is 0. The molecule has 1 saturated heterocycles. The molecule has 0 radical (unpaired) electrons. The van der Waals surface area contributed by atoms with Crippen molar-refractivity contribution in [2.75, 3.05) is 7.11 Å². The lowest BCUT2D eigenvalue weighted by Crippen LogP contribution is -2.22. The molecule has 1 aromatic carbocycles. The fourth-order valence-corrected chi connectivity index (χ4v) is 1.69. The molecule has 88 valence electrons. The molecule has 6 heteroatoms. The van der Waals surface area contributed by atoms with Crippen molar-refractivity contribution >= 4 is 29.6 Å². The van der Waals surface area contributed by atoms with Crippen LogP contribution in [0.5, 0.6) is 5.75 Å². The Labute approximate surface area is 102 Å². The van der Waals surface area contributed by atoms with E-state index in [1.165, 1.54) is 13.2 Å². The smallest absolute Gasteiger partial charge is 0.326 e. The zero-order valence-electron chi connectivity index (χ0n) is 8.91. The van der Waals surface area contributed by atoms with Gasteiger partial charge in [0.15, 0.2) is 0 Å². The van der Waals surface area contributed by atoms with Crippen LogP contribution in [0.2, 0.25) is 5.02 Å². The lowest BCUT2D eigenvalue weighted by atomic mass is 10.2. The Morgan fingerprint density at radius 1 is 1.29 bits per heavy atom. The molecule has 0 atom stereocenters. The van der Waals surface area contributed by atoms with Gasteiger partial charge < -0.3 is 10.1 Å². The molecule has 2 rings (SSSR count). The average molecular weight is 253 g/mol. The maximum Gasteiger partial charge on any atom is 0.326 e. The lowest BCUT2D eigenvalue weighted by molar-refractivity contribution is -0.115. The number of hydrogen-bond donors (Lipinski definition) is 2. The van der Waals surface area contributed by atoms with E-state index in [2.05, 4.69) is 10.6 Å². The van der Waals surface area contributed by atoms with E-state index in [0.29, 0.717) is 16.3 Å². The second kappa shape index (κ2) is 4.47. The first-order chi connectivity index (χ1) is 8.10. The quantitative estimate of drug-likeness (QED) is 0.620. The van der Waals surface area contributed by atoms with Gasteiger partial charge in [-0.2, -0.15) is 0 Å². The standard InChI is InChI=1S/C11H9ClN2O3/c1-17-9-3-2-6(4-7(9)12)5-8-10(15)14-11(16)13-8/h2-5H,1H3,(H2,13,14,15,16). The number of hydrogen-bond acceptors (Lipinski definition) is 3. The van der Waals surface area contributed by atoms with E-state index in [0.717, 1.165) is 0 Å². The molecule has 1 aliphatic heterocycles. The number of imide groups is 1. The summed E-state index contributed by atoms with van der Waals surface area (Å²) in [5.74, 6) is 0.0932. The number of urea groups is 1. The van der Waals surface area contributed by atoms with E-state index in [9.17, 15) is 9.59 Å². The molecule has 1 fully saturated rings. The summed E-state index contributed by atoms with van der Waals surface area (Å²) in [6, 6.07) is 4.53. The molecule has 5 nitrogen and oxygen atoms in total. The molecule has 2 N–H and O–H groups in total. The van der Waals surface area contributed by atoms with E-state index in [1.807, 2.05) is 0 Å². The largest absolute Gasteiger partial charge is 0.495 e. The fraction of sp³-hybridized carbons (Fsp3) is 0.0909. The third-order valence-corrected chi connectivity index (χ3v) is 2.50. The van der Waals surface area contributed by atoms with Gasteiger partial charge in [-0.1, -0.05) is 17.7 Å². The van der Waals surface area contributed by atoms with Crippen LogP contribution in [-0.4, -0.2) is 19.0 Å². The van der Waals surface area contributed by atoms with Crippen LogP contribution in [0.1, 0.15) is 5.56 Å². The summed E-state index contributed by atoms with van der Waals surface area (Å²) in [4.78, 5) is 22.2. The molecule has 1 aromatic rings. The minimum absolute atomic E-state index is 0.191. The highest BCUT2D eigenvalue weighted by Gasteiger charge is 2.22. The normalized spacial score (nSPS) is 16.9. The molecule has 0 spiro atoms. The zero-order valence-corrected chi connectivity index (χ0v) is 9.67. The third-order valence-electron chi connectivity index (χ3n) is 2.21. The van der Waals surface area contributed by atoms with Crippen molar-refractivity contribution in [2.45, 2.75) is 0 Å². The molecule has 0 aromatic heterocycles. The molecule has 0 bridgehead atoms. The van der Waals surface area contributed by atoms with E-state index in [1.54, 1.807) is 18.2 Å². The van der Waals surface area contributed by atoms with Gasteiger partial charge in [0, 0.05) is 0 Å². The maximum absolute atomic E-state index is 11.3. The van der Waals surface area contributed by atoms with Crippen LogP contribution < -0.4 is 15.4 Å². The Kier molecular flexibility index (Phi) is 3.01. The van der Waals surface area contributed by atoms with E-state index in [4.69, 9.17) is 16.3 Å². The number of amides is 3. The number of carbonyl (C=O) groups excluding carboxylic acids is 2. The molecular formula is C11H9ClN2O3. The van der Waals surface area contributed by atoms with Crippen molar-refractivity contribution in [2.24, 2.45) is 0 Å². The Morgan fingerprint density at radius 2 is 2.06 bits per heavy atom. The van der Waals surface area contributed by atoms with Crippen molar-refractivity contribution in [3.63, 3.8) is 0 Å². The van der Waals surface area contributed by atoms with Gasteiger partial charge in [0.25, 0.3) is 5.91 Å². The molecule has 3 amide bonds. The number of ether oxygens (including phenoxy) is 1. The van der Waals surface area contributed by atoms with Crippen LogP contribution in [0.15, 0.2) is 23.9 Å². The molecule has 0 unspecified atom stereocenters. The maximum atomic E-state index is 11.3. The zero-order chi connectivity index (χ0) is 12.4. The second-order valence-electron chi connectivity index (χ2n) is 3.36. The molecule has 1 heterocycles. The molecule has 0 aliphatic carbocycles. The first-order valence-corrected chi connectivity index (χ1v) is 5.15. The highest BCUT2D eigenvalue weighted by molar-refractivity contribution is 6.32. The average Bonchev–Trinajstić information content (AvgIpc) is 2.58. The van der Waals surface area contributed by atoms with E-state index >= 15 is 0 Å². The Hall–Kier alpha value is -2.01. The van der Waals surface area contributed by atoms with Crippen molar-refractivity contribution in [1.29, 1.82) is 0 Å². The van der Waals surface area contributed by atoms with Crippen LogP contribution in [0.25, 0.3) is 6.08 Å². The van der Waals surface area contributed by atoms with Crippen LogP contribution in [0.4, 0.5) is 4.79 Å². The highest BCUT2D eigenvalue weighted by atomic mass is 35.5. The number of carbonyl (C=O) groups is 2. The number of methoxy groups -OCH3 is 1. The van der Waals surface area contributed by atoms with Crippen molar-refractivity contribution < 1.29 is 14.3 Å². The monoisotopic (exact) mass is 252 g/mol. The van der Waals surface area contributed by atoms with Gasteiger partial charge in [0.1, 0.15) is 11.4 Å². The summed E-state index contributed by atoms with van der Waals surface area (Å²) < 4.78 is 5.01. The van der Waals surface area contributed by atoms with Gasteiger partial charge in [0.2, 0.25) is 0 Å². The molecule has 1 aliphatic rings. The van der Waals surface area contributed by atoms with Crippen molar-refractivity contribution in [3.05, 3.63) is 34.5 Å². The van der Waals surface area contributed by atoms with Gasteiger partial charge in [-0.3, -0.25) is 10.1 Å². The third kappa shape index (κ3) is 2.39. The molecule has 17 heavy (non-hydrogen) atoms. The Morgan fingerprint density at radius 3 is 2.59 bits per heavy atom. The van der Waals surface area contributed by atoms with Crippen LogP contribution >= 0.6 is 11.6 Å². The first-order valence-electron chi connectivity index (χ1n) is 4.77. The van der Waals surface area contributed by atoms with Crippen LogP contribution in [-0.2, 0) is 4.79 Å².